The first kappa shape index (κ1) is 16.1. The van der Waals surface area contributed by atoms with E-state index in [1.54, 1.807) is 13.2 Å². The van der Waals surface area contributed by atoms with Crippen molar-refractivity contribution in [3.63, 3.8) is 0 Å². The molecule has 1 heterocycles. The lowest BCUT2D eigenvalue weighted by molar-refractivity contribution is -0.123. The van der Waals surface area contributed by atoms with Gasteiger partial charge in [-0.2, -0.15) is 0 Å². The molecule has 1 aliphatic rings. The van der Waals surface area contributed by atoms with Gasteiger partial charge in [0.25, 0.3) is 5.91 Å². The van der Waals surface area contributed by atoms with E-state index in [0.717, 1.165) is 16.9 Å². The zero-order valence-corrected chi connectivity index (χ0v) is 13.5. The molecule has 1 atom stereocenters. The number of fused-ring (bicyclic) bond motifs is 1. The number of methoxy groups -OCH3 is 1. The molecule has 3 rings (SSSR count). The molecule has 2 aromatic carbocycles. The molecule has 5 heteroatoms. The van der Waals surface area contributed by atoms with Crippen LogP contribution in [0, 0.1) is 0 Å². The zero-order chi connectivity index (χ0) is 16.9. The minimum Gasteiger partial charge on any atom is -0.497 e. The van der Waals surface area contributed by atoms with Gasteiger partial charge in [0.1, 0.15) is 11.8 Å². The summed E-state index contributed by atoms with van der Waals surface area (Å²) in [7, 11) is 1.63. The number of carbonyl (C=O) groups is 2. The Kier molecular flexibility index (Phi) is 4.79. The van der Waals surface area contributed by atoms with E-state index >= 15 is 0 Å². The van der Waals surface area contributed by atoms with E-state index in [0.29, 0.717) is 24.9 Å². The topological polar surface area (TPSA) is 67.4 Å². The van der Waals surface area contributed by atoms with Gasteiger partial charge in [0, 0.05) is 18.5 Å². The smallest absolute Gasteiger partial charge is 0.252 e. The second-order valence-electron chi connectivity index (χ2n) is 5.78. The summed E-state index contributed by atoms with van der Waals surface area (Å²) in [4.78, 5) is 24.4. The van der Waals surface area contributed by atoms with Crippen molar-refractivity contribution < 1.29 is 14.3 Å². The quantitative estimate of drug-likeness (QED) is 0.880. The normalized spacial score (nSPS) is 16.0. The largest absolute Gasteiger partial charge is 0.497 e. The van der Waals surface area contributed by atoms with Crippen LogP contribution in [0.15, 0.2) is 48.5 Å². The monoisotopic (exact) mass is 324 g/mol. The number of benzene rings is 2. The number of nitrogens with one attached hydrogen (secondary N) is 2. The van der Waals surface area contributed by atoms with Crippen LogP contribution in [-0.4, -0.2) is 31.5 Å². The summed E-state index contributed by atoms with van der Waals surface area (Å²) in [5.41, 5.74) is 2.65. The highest BCUT2D eigenvalue weighted by Gasteiger charge is 2.28. The van der Waals surface area contributed by atoms with Gasteiger partial charge in [0.2, 0.25) is 5.91 Å². The molecule has 0 radical (unpaired) electrons. The van der Waals surface area contributed by atoms with Crippen molar-refractivity contribution in [3.05, 3.63) is 65.2 Å². The minimum atomic E-state index is -0.516. The van der Waals surface area contributed by atoms with Crippen LogP contribution in [0.2, 0.25) is 0 Å². The lowest BCUT2D eigenvalue weighted by Crippen LogP contribution is -2.51. The van der Waals surface area contributed by atoms with Gasteiger partial charge in [-0.25, -0.2) is 0 Å². The molecular formula is C19H20N2O3. The average molecular weight is 324 g/mol. The molecular weight excluding hydrogens is 304 g/mol. The van der Waals surface area contributed by atoms with Crippen molar-refractivity contribution in [1.82, 2.24) is 10.6 Å². The first-order valence-electron chi connectivity index (χ1n) is 7.97. The van der Waals surface area contributed by atoms with Gasteiger partial charge in [-0.3, -0.25) is 9.59 Å². The molecule has 2 N–H and O–H groups in total. The predicted octanol–water partition coefficient (Wildman–Crippen LogP) is 1.71. The molecule has 5 nitrogen and oxygen atoms in total. The van der Waals surface area contributed by atoms with Gasteiger partial charge >= 0.3 is 0 Å². The molecule has 2 aromatic rings. The zero-order valence-electron chi connectivity index (χ0n) is 13.5. The van der Waals surface area contributed by atoms with E-state index in [9.17, 15) is 9.59 Å². The number of hydrogen-bond acceptors (Lipinski definition) is 3. The molecule has 124 valence electrons. The Bertz CT molecular complexity index is 758. The highest BCUT2D eigenvalue weighted by atomic mass is 16.5. The Morgan fingerprint density at radius 2 is 2.08 bits per heavy atom. The van der Waals surface area contributed by atoms with Crippen LogP contribution in [0.4, 0.5) is 0 Å². The molecule has 0 aromatic heterocycles. The third-order valence-electron chi connectivity index (χ3n) is 4.15. The lowest BCUT2D eigenvalue weighted by atomic mass is 9.95. The molecule has 0 bridgehead atoms. The van der Waals surface area contributed by atoms with Crippen LogP contribution >= 0.6 is 0 Å². The van der Waals surface area contributed by atoms with E-state index < -0.39 is 6.04 Å². The van der Waals surface area contributed by atoms with E-state index in [1.165, 1.54) is 0 Å². The van der Waals surface area contributed by atoms with Crippen LogP contribution in [0.3, 0.4) is 0 Å². The summed E-state index contributed by atoms with van der Waals surface area (Å²) in [6.07, 6.45) is 1.23. The van der Waals surface area contributed by atoms with Crippen LogP contribution in [0.25, 0.3) is 0 Å². The Morgan fingerprint density at radius 3 is 2.92 bits per heavy atom. The fourth-order valence-electron chi connectivity index (χ4n) is 2.87. The van der Waals surface area contributed by atoms with Gasteiger partial charge < -0.3 is 15.4 Å². The molecule has 1 aliphatic heterocycles. The first-order chi connectivity index (χ1) is 11.7. The van der Waals surface area contributed by atoms with Crippen molar-refractivity contribution in [2.75, 3.05) is 13.7 Å². The predicted molar refractivity (Wildman–Crippen MR) is 91.1 cm³/mol. The van der Waals surface area contributed by atoms with E-state index in [1.807, 2.05) is 42.5 Å². The SMILES string of the molecule is COc1cccc(CCNC(=O)C2Cc3ccccc3C(=O)N2)c1. The summed E-state index contributed by atoms with van der Waals surface area (Å²) in [5, 5.41) is 5.66. The fourth-order valence-corrected chi connectivity index (χ4v) is 2.87. The molecule has 0 fully saturated rings. The van der Waals surface area contributed by atoms with E-state index in [4.69, 9.17) is 4.74 Å². The Hall–Kier alpha value is -2.82. The molecule has 0 aliphatic carbocycles. The van der Waals surface area contributed by atoms with E-state index in [-0.39, 0.29) is 11.8 Å². The molecule has 24 heavy (non-hydrogen) atoms. The third kappa shape index (κ3) is 3.56. The maximum atomic E-state index is 12.3. The van der Waals surface area contributed by atoms with Crippen LogP contribution < -0.4 is 15.4 Å². The molecule has 2 amide bonds. The van der Waals surface area contributed by atoms with Gasteiger partial charge in [0.05, 0.1) is 7.11 Å². The van der Waals surface area contributed by atoms with Crippen LogP contribution in [-0.2, 0) is 17.6 Å². The van der Waals surface area contributed by atoms with Crippen molar-refractivity contribution in [3.8, 4) is 5.75 Å². The van der Waals surface area contributed by atoms with Gasteiger partial charge in [0.15, 0.2) is 0 Å². The van der Waals surface area contributed by atoms with Gasteiger partial charge in [-0.1, -0.05) is 30.3 Å². The first-order valence-corrected chi connectivity index (χ1v) is 7.97. The van der Waals surface area contributed by atoms with Crippen LogP contribution in [0.5, 0.6) is 5.75 Å². The number of rotatable bonds is 5. The summed E-state index contributed by atoms with van der Waals surface area (Å²) in [6, 6.07) is 14.6. The minimum absolute atomic E-state index is 0.152. The number of hydrogen-bond donors (Lipinski definition) is 2. The summed E-state index contributed by atoms with van der Waals surface area (Å²) in [5.74, 6) is 0.459. The van der Waals surface area contributed by atoms with E-state index in [2.05, 4.69) is 10.6 Å². The second kappa shape index (κ2) is 7.17. The summed E-state index contributed by atoms with van der Waals surface area (Å²) in [6.45, 7) is 0.514. The van der Waals surface area contributed by atoms with Crippen molar-refractivity contribution in [2.45, 2.75) is 18.9 Å². The van der Waals surface area contributed by atoms with Crippen molar-refractivity contribution in [2.24, 2.45) is 0 Å². The number of carbonyl (C=O) groups excluding carboxylic acids is 2. The standard InChI is InChI=1S/C19H20N2O3/c1-24-15-7-4-5-13(11-15)9-10-20-19(23)17-12-14-6-2-3-8-16(14)18(22)21-17/h2-8,11,17H,9-10,12H2,1H3,(H,20,23)(H,21,22). The third-order valence-corrected chi connectivity index (χ3v) is 4.15. The Morgan fingerprint density at radius 1 is 1.25 bits per heavy atom. The number of ether oxygens (including phenoxy) is 1. The Labute approximate surface area is 141 Å². The molecule has 0 saturated carbocycles. The summed E-state index contributed by atoms with van der Waals surface area (Å²) < 4.78 is 5.19. The maximum absolute atomic E-state index is 12.3. The maximum Gasteiger partial charge on any atom is 0.252 e. The Balaban J connectivity index is 1.55. The lowest BCUT2D eigenvalue weighted by Gasteiger charge is -2.24. The average Bonchev–Trinajstić information content (AvgIpc) is 2.62. The van der Waals surface area contributed by atoms with Gasteiger partial charge in [-0.15, -0.1) is 0 Å². The second-order valence-corrected chi connectivity index (χ2v) is 5.78. The van der Waals surface area contributed by atoms with Crippen molar-refractivity contribution in [1.29, 1.82) is 0 Å². The highest BCUT2D eigenvalue weighted by Crippen LogP contribution is 2.16. The number of amides is 2. The van der Waals surface area contributed by atoms with Crippen LogP contribution in [0.1, 0.15) is 21.5 Å². The molecule has 1 unspecified atom stereocenters. The fraction of sp³-hybridized carbons (Fsp3) is 0.263. The van der Waals surface area contributed by atoms with Crippen molar-refractivity contribution >= 4 is 11.8 Å². The molecule has 0 spiro atoms. The molecule has 0 saturated heterocycles. The highest BCUT2D eigenvalue weighted by molar-refractivity contribution is 6.00. The summed E-state index contributed by atoms with van der Waals surface area (Å²) >= 11 is 0. The van der Waals surface area contributed by atoms with Gasteiger partial charge in [-0.05, 0) is 35.7 Å².